The van der Waals surface area contributed by atoms with E-state index in [9.17, 15) is 9.59 Å². The Morgan fingerprint density at radius 1 is 0.955 bits per heavy atom. The molecule has 0 aliphatic heterocycles. The van der Waals surface area contributed by atoms with E-state index in [0.29, 0.717) is 5.69 Å². The predicted octanol–water partition coefficient (Wildman–Crippen LogP) is 3.06. The Bertz CT molecular complexity index is 636. The maximum atomic E-state index is 11.9. The molecule has 4 heteroatoms. The SMILES string of the molecule is CCc1ccc(NC(=O)C(=O)NC(C)c2ccccc2)cc1. The molecule has 2 N–H and O–H groups in total. The maximum Gasteiger partial charge on any atom is 0.313 e. The van der Waals surface area contributed by atoms with Crippen LogP contribution >= 0.6 is 0 Å². The summed E-state index contributed by atoms with van der Waals surface area (Å²) in [5.41, 5.74) is 2.75. The molecule has 2 aromatic rings. The molecule has 0 aliphatic rings. The number of anilines is 1. The summed E-state index contributed by atoms with van der Waals surface area (Å²) in [4.78, 5) is 23.8. The molecule has 1 unspecified atom stereocenters. The lowest BCUT2D eigenvalue weighted by Gasteiger charge is -2.14. The van der Waals surface area contributed by atoms with Gasteiger partial charge in [-0.2, -0.15) is 0 Å². The number of hydrogen-bond acceptors (Lipinski definition) is 2. The second-order valence-corrected chi connectivity index (χ2v) is 5.11. The predicted molar refractivity (Wildman–Crippen MR) is 87.4 cm³/mol. The van der Waals surface area contributed by atoms with Crippen LogP contribution in [0.15, 0.2) is 54.6 Å². The first-order valence-corrected chi connectivity index (χ1v) is 7.36. The van der Waals surface area contributed by atoms with Crippen LogP contribution in [0.4, 0.5) is 5.69 Å². The van der Waals surface area contributed by atoms with Crippen molar-refractivity contribution in [2.45, 2.75) is 26.3 Å². The number of amides is 2. The number of hydrogen-bond donors (Lipinski definition) is 2. The van der Waals surface area contributed by atoms with E-state index in [0.717, 1.165) is 12.0 Å². The van der Waals surface area contributed by atoms with Crippen molar-refractivity contribution in [1.82, 2.24) is 5.32 Å². The minimum atomic E-state index is -0.660. The van der Waals surface area contributed by atoms with Crippen LogP contribution in [0.3, 0.4) is 0 Å². The Hall–Kier alpha value is -2.62. The minimum absolute atomic E-state index is 0.220. The van der Waals surface area contributed by atoms with Gasteiger partial charge in [-0.25, -0.2) is 0 Å². The zero-order valence-electron chi connectivity index (χ0n) is 12.8. The van der Waals surface area contributed by atoms with Gasteiger partial charge in [-0.3, -0.25) is 9.59 Å². The number of carbonyl (C=O) groups excluding carboxylic acids is 2. The van der Waals surface area contributed by atoms with Crippen LogP contribution in [-0.2, 0) is 16.0 Å². The van der Waals surface area contributed by atoms with Crippen LogP contribution < -0.4 is 10.6 Å². The van der Waals surface area contributed by atoms with Gasteiger partial charge < -0.3 is 10.6 Å². The summed E-state index contributed by atoms with van der Waals surface area (Å²) >= 11 is 0. The Labute approximate surface area is 130 Å². The average molecular weight is 296 g/mol. The second kappa shape index (κ2) is 7.41. The number of benzene rings is 2. The molecule has 0 bridgehead atoms. The van der Waals surface area contributed by atoms with Gasteiger partial charge in [-0.05, 0) is 36.6 Å². The fraction of sp³-hybridized carbons (Fsp3) is 0.222. The third-order valence-corrected chi connectivity index (χ3v) is 3.47. The highest BCUT2D eigenvalue weighted by Gasteiger charge is 2.16. The lowest BCUT2D eigenvalue weighted by molar-refractivity contribution is -0.136. The molecule has 114 valence electrons. The fourth-order valence-corrected chi connectivity index (χ4v) is 2.10. The summed E-state index contributed by atoms with van der Waals surface area (Å²) in [6, 6.07) is 16.8. The average Bonchev–Trinajstić information content (AvgIpc) is 2.56. The molecule has 2 amide bonds. The topological polar surface area (TPSA) is 58.2 Å². The molecule has 0 spiro atoms. The van der Waals surface area contributed by atoms with E-state index in [2.05, 4.69) is 17.6 Å². The van der Waals surface area contributed by atoms with Crippen molar-refractivity contribution < 1.29 is 9.59 Å². The zero-order valence-corrected chi connectivity index (χ0v) is 12.8. The summed E-state index contributed by atoms with van der Waals surface area (Å²) in [5.74, 6) is -1.30. The first kappa shape index (κ1) is 15.8. The summed E-state index contributed by atoms with van der Waals surface area (Å²) < 4.78 is 0. The van der Waals surface area contributed by atoms with Crippen molar-refractivity contribution in [2.24, 2.45) is 0 Å². The highest BCUT2D eigenvalue weighted by Crippen LogP contribution is 2.12. The van der Waals surface area contributed by atoms with Crippen molar-refractivity contribution in [1.29, 1.82) is 0 Å². The van der Waals surface area contributed by atoms with Gasteiger partial charge in [0.1, 0.15) is 0 Å². The van der Waals surface area contributed by atoms with Gasteiger partial charge in [0.2, 0.25) is 0 Å². The summed E-state index contributed by atoms with van der Waals surface area (Å²) in [5, 5.41) is 5.29. The Morgan fingerprint density at radius 2 is 1.59 bits per heavy atom. The van der Waals surface area contributed by atoms with Gasteiger partial charge in [-0.15, -0.1) is 0 Å². The highest BCUT2D eigenvalue weighted by molar-refractivity contribution is 6.39. The van der Waals surface area contributed by atoms with Gasteiger partial charge in [0.15, 0.2) is 0 Å². The van der Waals surface area contributed by atoms with Gasteiger partial charge in [0.25, 0.3) is 0 Å². The van der Waals surface area contributed by atoms with E-state index in [-0.39, 0.29) is 6.04 Å². The quantitative estimate of drug-likeness (QED) is 0.852. The largest absolute Gasteiger partial charge is 0.341 e. The van der Waals surface area contributed by atoms with Crippen molar-refractivity contribution in [3.63, 3.8) is 0 Å². The summed E-state index contributed by atoms with van der Waals surface area (Å²) in [6.45, 7) is 3.91. The molecule has 22 heavy (non-hydrogen) atoms. The third kappa shape index (κ3) is 4.19. The number of nitrogens with one attached hydrogen (secondary N) is 2. The molecule has 2 rings (SSSR count). The second-order valence-electron chi connectivity index (χ2n) is 5.11. The van der Waals surface area contributed by atoms with Crippen molar-refractivity contribution in [2.75, 3.05) is 5.32 Å². The molecule has 4 nitrogen and oxygen atoms in total. The molecule has 0 saturated carbocycles. The fourth-order valence-electron chi connectivity index (χ4n) is 2.10. The zero-order chi connectivity index (χ0) is 15.9. The first-order valence-electron chi connectivity index (χ1n) is 7.36. The Kier molecular flexibility index (Phi) is 5.31. The van der Waals surface area contributed by atoms with Gasteiger partial charge >= 0.3 is 11.8 Å². The van der Waals surface area contributed by atoms with E-state index in [1.165, 1.54) is 5.56 Å². The van der Waals surface area contributed by atoms with Crippen molar-refractivity contribution >= 4 is 17.5 Å². The molecule has 0 aromatic heterocycles. The minimum Gasteiger partial charge on any atom is -0.341 e. The van der Waals surface area contributed by atoms with Crippen LogP contribution in [0.2, 0.25) is 0 Å². The van der Waals surface area contributed by atoms with Gasteiger partial charge in [0, 0.05) is 5.69 Å². The van der Waals surface area contributed by atoms with E-state index < -0.39 is 11.8 Å². The van der Waals surface area contributed by atoms with E-state index in [1.807, 2.05) is 49.4 Å². The standard InChI is InChI=1S/C18H20N2O2/c1-3-14-9-11-16(12-10-14)20-18(22)17(21)19-13(2)15-7-5-4-6-8-15/h4-13H,3H2,1-2H3,(H,19,21)(H,20,22). The summed E-state index contributed by atoms with van der Waals surface area (Å²) in [6.07, 6.45) is 0.934. The molecule has 2 aromatic carbocycles. The molecule has 0 heterocycles. The van der Waals surface area contributed by atoms with Crippen molar-refractivity contribution in [3.05, 3.63) is 65.7 Å². The molecular weight excluding hydrogens is 276 g/mol. The van der Waals surface area contributed by atoms with Crippen LogP contribution in [-0.4, -0.2) is 11.8 Å². The highest BCUT2D eigenvalue weighted by atomic mass is 16.2. The van der Waals surface area contributed by atoms with Gasteiger partial charge in [0.05, 0.1) is 6.04 Å². The normalized spacial score (nSPS) is 11.5. The molecular formula is C18H20N2O2. The molecule has 1 atom stereocenters. The molecule has 0 fully saturated rings. The Balaban J connectivity index is 1.93. The number of carbonyl (C=O) groups is 2. The lowest BCUT2D eigenvalue weighted by Crippen LogP contribution is -2.36. The van der Waals surface area contributed by atoms with E-state index >= 15 is 0 Å². The number of rotatable bonds is 4. The van der Waals surface area contributed by atoms with Crippen LogP contribution in [0.5, 0.6) is 0 Å². The van der Waals surface area contributed by atoms with Crippen LogP contribution in [0.25, 0.3) is 0 Å². The molecule has 0 aliphatic carbocycles. The lowest BCUT2D eigenvalue weighted by atomic mass is 10.1. The molecule has 0 saturated heterocycles. The monoisotopic (exact) mass is 296 g/mol. The molecule has 0 radical (unpaired) electrons. The Morgan fingerprint density at radius 3 is 2.18 bits per heavy atom. The van der Waals surface area contributed by atoms with Crippen LogP contribution in [0, 0.1) is 0 Å². The van der Waals surface area contributed by atoms with Crippen molar-refractivity contribution in [3.8, 4) is 0 Å². The smallest absolute Gasteiger partial charge is 0.313 e. The van der Waals surface area contributed by atoms with E-state index in [4.69, 9.17) is 0 Å². The first-order chi connectivity index (χ1) is 10.6. The van der Waals surface area contributed by atoms with Gasteiger partial charge in [-0.1, -0.05) is 49.4 Å². The van der Waals surface area contributed by atoms with Crippen LogP contribution in [0.1, 0.15) is 31.0 Å². The maximum absolute atomic E-state index is 11.9. The van der Waals surface area contributed by atoms with E-state index in [1.54, 1.807) is 12.1 Å². The third-order valence-electron chi connectivity index (χ3n) is 3.47. The summed E-state index contributed by atoms with van der Waals surface area (Å²) in [7, 11) is 0. The number of aryl methyl sites for hydroxylation is 1.